The van der Waals surface area contributed by atoms with E-state index in [4.69, 9.17) is 0 Å². The average molecular weight is 428 g/mol. The lowest BCUT2D eigenvalue weighted by Crippen LogP contribution is -2.53. The van der Waals surface area contributed by atoms with Crippen molar-refractivity contribution in [1.82, 2.24) is 24.5 Å². The molecule has 3 aromatic rings. The van der Waals surface area contributed by atoms with Crippen molar-refractivity contribution in [3.05, 3.63) is 53.9 Å². The Balaban J connectivity index is 1.45. The van der Waals surface area contributed by atoms with Crippen molar-refractivity contribution in [3.63, 3.8) is 0 Å². The zero-order valence-electron chi connectivity index (χ0n) is 17.3. The number of hydrogen-bond donors (Lipinski definition) is 1. The molecule has 1 saturated carbocycles. The van der Waals surface area contributed by atoms with E-state index in [-0.39, 0.29) is 23.3 Å². The van der Waals surface area contributed by atoms with E-state index in [1.165, 1.54) is 23.4 Å². The van der Waals surface area contributed by atoms with Gasteiger partial charge in [-0.25, -0.2) is 14.1 Å². The number of aromatic nitrogens is 5. The van der Waals surface area contributed by atoms with E-state index in [0.717, 1.165) is 42.9 Å². The molecule has 0 spiro atoms. The summed E-state index contributed by atoms with van der Waals surface area (Å²) in [6, 6.07) is 6.48. The van der Waals surface area contributed by atoms with Gasteiger partial charge in [0.2, 0.25) is 5.16 Å². The summed E-state index contributed by atoms with van der Waals surface area (Å²) in [6.07, 6.45) is 8.36. The maximum Gasteiger partial charge on any atom is 0.208 e. The van der Waals surface area contributed by atoms with Gasteiger partial charge < -0.3 is 5.11 Å². The summed E-state index contributed by atoms with van der Waals surface area (Å²) >= 11 is 1.73. The molecule has 0 aliphatic heterocycles. The first-order chi connectivity index (χ1) is 14.4. The molecular formula is C22H26FN5OS. The highest BCUT2D eigenvalue weighted by Gasteiger charge is 2.55. The third-order valence-electron chi connectivity index (χ3n) is 7.18. The maximum atomic E-state index is 13.4. The van der Waals surface area contributed by atoms with Gasteiger partial charge in [0.1, 0.15) is 12.1 Å². The number of fused-ring (bicyclic) bond motifs is 2. The maximum absolute atomic E-state index is 13.4. The standard InChI is InChI=1S/C22H26FN5OS/c1-21-8-7-18(30-20-24-14-27(2)26-20)10-22(21,13-29)9-15-12-25-28(19(15)11-21)17-5-3-16(23)4-6-17/h3-6,12,14,18,29H,7-11,13H2,1-2H3/t18-,21?,22+/m0/s1. The molecule has 3 atom stereocenters. The summed E-state index contributed by atoms with van der Waals surface area (Å²) in [6.45, 7) is 2.48. The predicted octanol–water partition coefficient (Wildman–Crippen LogP) is 3.57. The second-order valence-electron chi connectivity index (χ2n) is 9.04. The van der Waals surface area contributed by atoms with E-state index in [0.29, 0.717) is 5.25 Å². The zero-order chi connectivity index (χ0) is 20.9. The molecule has 0 amide bonds. The summed E-state index contributed by atoms with van der Waals surface area (Å²) < 4.78 is 17.0. The zero-order valence-corrected chi connectivity index (χ0v) is 18.1. The second-order valence-corrected chi connectivity index (χ2v) is 10.3. The Morgan fingerprint density at radius 1 is 1.27 bits per heavy atom. The lowest BCUT2D eigenvalue weighted by molar-refractivity contribution is -0.0519. The lowest BCUT2D eigenvalue weighted by Gasteiger charge is -2.55. The fourth-order valence-electron chi connectivity index (χ4n) is 5.31. The number of thioether (sulfide) groups is 1. The highest BCUT2D eigenvalue weighted by molar-refractivity contribution is 7.99. The van der Waals surface area contributed by atoms with Crippen LogP contribution in [0.1, 0.15) is 37.4 Å². The van der Waals surface area contributed by atoms with Crippen LogP contribution in [0.2, 0.25) is 0 Å². The highest BCUT2D eigenvalue weighted by Crippen LogP contribution is 2.59. The summed E-state index contributed by atoms with van der Waals surface area (Å²) in [5.74, 6) is -0.246. The van der Waals surface area contributed by atoms with E-state index >= 15 is 0 Å². The van der Waals surface area contributed by atoms with Crippen molar-refractivity contribution >= 4 is 11.8 Å². The van der Waals surface area contributed by atoms with Crippen molar-refractivity contribution < 1.29 is 9.50 Å². The molecule has 2 aliphatic carbocycles. The van der Waals surface area contributed by atoms with Crippen LogP contribution in [0.5, 0.6) is 0 Å². The first-order valence-electron chi connectivity index (χ1n) is 10.4. The molecule has 1 unspecified atom stereocenters. The van der Waals surface area contributed by atoms with Crippen LogP contribution in [0.3, 0.4) is 0 Å². The van der Waals surface area contributed by atoms with Gasteiger partial charge in [0.15, 0.2) is 0 Å². The second kappa shape index (κ2) is 7.20. The number of aryl methyl sites for hydroxylation is 1. The number of benzene rings is 1. The largest absolute Gasteiger partial charge is 0.396 e. The number of rotatable bonds is 4. The molecule has 158 valence electrons. The van der Waals surface area contributed by atoms with E-state index in [1.807, 2.05) is 17.9 Å². The average Bonchev–Trinajstić information content (AvgIpc) is 3.32. The quantitative estimate of drug-likeness (QED) is 0.689. The summed E-state index contributed by atoms with van der Waals surface area (Å²) in [7, 11) is 1.88. The number of aliphatic hydroxyl groups is 1. The molecule has 30 heavy (non-hydrogen) atoms. The number of nitrogens with zero attached hydrogens (tertiary/aromatic N) is 5. The minimum Gasteiger partial charge on any atom is -0.396 e. The highest BCUT2D eigenvalue weighted by atomic mass is 32.2. The SMILES string of the molecule is Cn1cnc(S[C@H]2CCC3(C)Cc4c(cnn4-c4ccc(F)cc4)C[C@]3(CO)C2)n1. The van der Waals surface area contributed by atoms with Crippen LogP contribution in [0.15, 0.2) is 41.9 Å². The van der Waals surface area contributed by atoms with E-state index in [1.54, 1.807) is 34.9 Å². The Bertz CT molecular complexity index is 1060. The molecule has 0 saturated heterocycles. The molecule has 1 fully saturated rings. The molecule has 2 aliphatic rings. The number of hydrogen-bond acceptors (Lipinski definition) is 5. The molecule has 1 N–H and O–H groups in total. The Morgan fingerprint density at radius 3 is 2.77 bits per heavy atom. The van der Waals surface area contributed by atoms with Crippen molar-refractivity contribution in [2.24, 2.45) is 17.9 Å². The topological polar surface area (TPSA) is 68.8 Å². The monoisotopic (exact) mass is 427 g/mol. The van der Waals surface area contributed by atoms with Crippen molar-refractivity contribution in [2.75, 3.05) is 6.61 Å². The Labute approximate surface area is 179 Å². The molecule has 1 aromatic carbocycles. The molecule has 0 radical (unpaired) electrons. The smallest absolute Gasteiger partial charge is 0.208 e. The third-order valence-corrected chi connectivity index (χ3v) is 8.32. The van der Waals surface area contributed by atoms with E-state index in [2.05, 4.69) is 22.1 Å². The van der Waals surface area contributed by atoms with Crippen LogP contribution >= 0.6 is 11.8 Å². The Kier molecular flexibility index (Phi) is 4.74. The summed E-state index contributed by atoms with van der Waals surface area (Å²) in [5.41, 5.74) is 3.06. The Hall–Kier alpha value is -2.19. The molecule has 8 heteroatoms. The molecule has 2 heterocycles. The van der Waals surface area contributed by atoms with Crippen LogP contribution in [0, 0.1) is 16.6 Å². The first kappa shape index (κ1) is 19.8. The van der Waals surface area contributed by atoms with Gasteiger partial charge in [-0.15, -0.1) is 5.10 Å². The van der Waals surface area contributed by atoms with Crippen LogP contribution in [0.4, 0.5) is 4.39 Å². The minimum atomic E-state index is -0.246. The van der Waals surface area contributed by atoms with Crippen molar-refractivity contribution in [3.8, 4) is 5.69 Å². The number of aliphatic hydroxyl groups excluding tert-OH is 1. The first-order valence-corrected chi connectivity index (χ1v) is 11.2. The van der Waals surface area contributed by atoms with E-state index < -0.39 is 0 Å². The summed E-state index contributed by atoms with van der Waals surface area (Å²) in [5, 5.41) is 20.8. The van der Waals surface area contributed by atoms with Crippen LogP contribution in [-0.2, 0) is 19.9 Å². The lowest BCUT2D eigenvalue weighted by atomic mass is 9.51. The van der Waals surface area contributed by atoms with Gasteiger partial charge in [-0.2, -0.15) is 5.10 Å². The predicted molar refractivity (Wildman–Crippen MR) is 113 cm³/mol. The van der Waals surface area contributed by atoms with Gasteiger partial charge in [0.25, 0.3) is 0 Å². The molecule has 0 bridgehead atoms. The van der Waals surface area contributed by atoms with E-state index in [9.17, 15) is 9.50 Å². The van der Waals surface area contributed by atoms with Crippen LogP contribution < -0.4 is 0 Å². The minimum absolute atomic E-state index is 0.0127. The number of halogens is 1. The van der Waals surface area contributed by atoms with Crippen LogP contribution in [-0.4, -0.2) is 41.5 Å². The van der Waals surface area contributed by atoms with Gasteiger partial charge in [-0.3, -0.25) is 4.68 Å². The fraction of sp³-hybridized carbons (Fsp3) is 0.500. The molecule has 2 aromatic heterocycles. The third kappa shape index (κ3) is 3.17. The van der Waals surface area contributed by atoms with Gasteiger partial charge in [0.05, 0.1) is 11.9 Å². The van der Waals surface area contributed by atoms with Gasteiger partial charge in [-0.05, 0) is 67.3 Å². The Morgan fingerprint density at radius 2 is 2.07 bits per heavy atom. The molecule has 5 rings (SSSR count). The molecule has 6 nitrogen and oxygen atoms in total. The fourth-order valence-corrected chi connectivity index (χ4v) is 6.53. The molecular weight excluding hydrogens is 401 g/mol. The van der Waals surface area contributed by atoms with Gasteiger partial charge in [-0.1, -0.05) is 18.7 Å². The normalized spacial score (nSPS) is 28.2. The van der Waals surface area contributed by atoms with Crippen molar-refractivity contribution in [2.45, 2.75) is 49.4 Å². The summed E-state index contributed by atoms with van der Waals surface area (Å²) in [4.78, 5) is 4.37. The van der Waals surface area contributed by atoms with Crippen LogP contribution in [0.25, 0.3) is 5.69 Å². The van der Waals surface area contributed by atoms with Gasteiger partial charge in [0, 0.05) is 30.0 Å². The van der Waals surface area contributed by atoms with Gasteiger partial charge >= 0.3 is 0 Å². The van der Waals surface area contributed by atoms with Crippen molar-refractivity contribution in [1.29, 1.82) is 0 Å².